The molecule has 0 radical (unpaired) electrons. The maximum absolute atomic E-state index is 11.2. The van der Waals surface area contributed by atoms with Crippen molar-refractivity contribution in [3.8, 4) is 0 Å². The first-order valence-corrected chi connectivity index (χ1v) is 7.83. The molecule has 2 N–H and O–H groups in total. The monoisotopic (exact) mass is 283 g/mol. The van der Waals surface area contributed by atoms with Crippen LogP contribution in [0.25, 0.3) is 11.1 Å². The summed E-state index contributed by atoms with van der Waals surface area (Å²) in [7, 11) is -3.10. The molecule has 2 rings (SSSR count). The number of rotatable bonds is 7. The van der Waals surface area contributed by atoms with E-state index in [1.54, 1.807) is 6.92 Å². The van der Waals surface area contributed by atoms with Gasteiger partial charge >= 0.3 is 0 Å². The number of fused-ring (bicyclic) bond motifs is 1. The standard InChI is InChI=1S/C12H17N3O3S/c1-2-19(16,17)14-9-5-8-13-12-15-10-6-3-4-7-11(10)18-12/h3-4,6-7,14H,2,5,8-9H2,1H3,(H,13,15). The summed E-state index contributed by atoms with van der Waals surface area (Å²) in [6.45, 7) is 2.61. The Bertz CT molecular complexity index is 603. The number of nitrogens with zero attached hydrogens (tertiary/aromatic N) is 1. The van der Waals surface area contributed by atoms with Gasteiger partial charge in [-0.15, -0.1) is 0 Å². The van der Waals surface area contributed by atoms with E-state index in [4.69, 9.17) is 4.42 Å². The summed E-state index contributed by atoms with van der Waals surface area (Å²) < 4.78 is 30.4. The predicted octanol–water partition coefficient (Wildman–Crippen LogP) is 1.57. The van der Waals surface area contributed by atoms with Crippen LogP contribution in [0.4, 0.5) is 6.01 Å². The summed E-state index contributed by atoms with van der Waals surface area (Å²) >= 11 is 0. The van der Waals surface area contributed by atoms with Crippen molar-refractivity contribution in [3.63, 3.8) is 0 Å². The van der Waals surface area contributed by atoms with E-state index >= 15 is 0 Å². The fourth-order valence-corrected chi connectivity index (χ4v) is 2.22. The molecule has 1 heterocycles. The maximum Gasteiger partial charge on any atom is 0.295 e. The number of hydrogen-bond acceptors (Lipinski definition) is 5. The third-order valence-electron chi connectivity index (χ3n) is 2.63. The minimum absolute atomic E-state index is 0.103. The topological polar surface area (TPSA) is 84.2 Å². The molecule has 19 heavy (non-hydrogen) atoms. The van der Waals surface area contributed by atoms with Gasteiger partial charge in [0.15, 0.2) is 5.58 Å². The molecule has 6 nitrogen and oxygen atoms in total. The van der Waals surface area contributed by atoms with Crippen LogP contribution in [0.3, 0.4) is 0 Å². The second-order valence-electron chi connectivity index (χ2n) is 4.06. The zero-order valence-corrected chi connectivity index (χ0v) is 11.5. The molecule has 0 saturated heterocycles. The molecule has 0 fully saturated rings. The van der Waals surface area contributed by atoms with Crippen LogP contribution >= 0.6 is 0 Å². The quantitative estimate of drug-likeness (QED) is 0.753. The summed E-state index contributed by atoms with van der Waals surface area (Å²) in [6.07, 6.45) is 0.665. The molecule has 1 aromatic heterocycles. The van der Waals surface area contributed by atoms with Crippen LogP contribution in [-0.2, 0) is 10.0 Å². The Morgan fingerprint density at radius 3 is 2.79 bits per heavy atom. The molecular formula is C12H17N3O3S. The number of aromatic nitrogens is 1. The first-order valence-electron chi connectivity index (χ1n) is 6.17. The molecule has 7 heteroatoms. The summed E-state index contributed by atoms with van der Waals surface area (Å²) in [4.78, 5) is 4.26. The van der Waals surface area contributed by atoms with Crippen molar-refractivity contribution in [2.75, 3.05) is 24.2 Å². The number of benzene rings is 1. The molecule has 104 valence electrons. The molecule has 2 aromatic rings. The SMILES string of the molecule is CCS(=O)(=O)NCCCNc1nc2ccccc2o1. The summed E-state index contributed by atoms with van der Waals surface area (Å²) in [5, 5.41) is 3.03. The van der Waals surface area contributed by atoms with E-state index in [-0.39, 0.29) is 5.75 Å². The number of anilines is 1. The molecule has 0 spiro atoms. The largest absolute Gasteiger partial charge is 0.424 e. The summed E-state index contributed by atoms with van der Waals surface area (Å²) in [6, 6.07) is 7.97. The maximum atomic E-state index is 11.2. The Morgan fingerprint density at radius 1 is 1.26 bits per heavy atom. The lowest BCUT2D eigenvalue weighted by molar-refractivity contribution is 0.580. The molecule has 0 aliphatic heterocycles. The minimum atomic E-state index is -3.10. The Balaban J connectivity index is 1.77. The molecule has 0 amide bonds. The fourth-order valence-electron chi connectivity index (χ4n) is 1.56. The molecule has 0 bridgehead atoms. The Morgan fingerprint density at radius 2 is 2.05 bits per heavy atom. The highest BCUT2D eigenvalue weighted by Crippen LogP contribution is 2.17. The predicted molar refractivity (Wildman–Crippen MR) is 74.6 cm³/mol. The Labute approximate surface area is 112 Å². The van der Waals surface area contributed by atoms with E-state index < -0.39 is 10.0 Å². The molecule has 0 aliphatic carbocycles. The molecule has 0 atom stereocenters. The first kappa shape index (κ1) is 13.8. The molecule has 1 aromatic carbocycles. The van der Waals surface area contributed by atoms with Gasteiger partial charge in [-0.05, 0) is 25.5 Å². The molecular weight excluding hydrogens is 266 g/mol. The lowest BCUT2D eigenvalue weighted by atomic mass is 10.3. The number of oxazole rings is 1. The highest BCUT2D eigenvalue weighted by molar-refractivity contribution is 7.89. The third-order valence-corrected chi connectivity index (χ3v) is 4.03. The summed E-state index contributed by atoms with van der Waals surface area (Å²) in [5.74, 6) is 0.103. The summed E-state index contributed by atoms with van der Waals surface area (Å²) in [5.41, 5.74) is 1.54. The normalized spacial score (nSPS) is 11.8. The molecule has 0 unspecified atom stereocenters. The van der Waals surface area contributed by atoms with Crippen LogP contribution in [0, 0.1) is 0 Å². The smallest absolute Gasteiger partial charge is 0.295 e. The second-order valence-corrected chi connectivity index (χ2v) is 6.16. The Kier molecular flexibility index (Phi) is 4.39. The van der Waals surface area contributed by atoms with E-state index in [9.17, 15) is 8.42 Å². The molecule has 0 aliphatic rings. The second kappa shape index (κ2) is 6.03. The van der Waals surface area contributed by atoms with Gasteiger partial charge in [0.25, 0.3) is 6.01 Å². The minimum Gasteiger partial charge on any atom is -0.424 e. The van der Waals surface area contributed by atoms with E-state index in [1.807, 2.05) is 24.3 Å². The van der Waals surface area contributed by atoms with Gasteiger partial charge in [-0.3, -0.25) is 0 Å². The van der Waals surface area contributed by atoms with Crippen LogP contribution in [0.1, 0.15) is 13.3 Å². The molecule has 0 saturated carbocycles. The third kappa shape index (κ3) is 3.93. The number of hydrogen-bond donors (Lipinski definition) is 2. The zero-order chi connectivity index (χ0) is 13.7. The lowest BCUT2D eigenvalue weighted by Crippen LogP contribution is -2.27. The van der Waals surface area contributed by atoms with Gasteiger partial charge in [0.2, 0.25) is 10.0 Å². The lowest BCUT2D eigenvalue weighted by Gasteiger charge is -2.04. The van der Waals surface area contributed by atoms with Crippen LogP contribution in [-0.4, -0.2) is 32.2 Å². The highest BCUT2D eigenvalue weighted by atomic mass is 32.2. The van der Waals surface area contributed by atoms with Gasteiger partial charge in [-0.25, -0.2) is 13.1 Å². The number of nitrogens with one attached hydrogen (secondary N) is 2. The van der Waals surface area contributed by atoms with Crippen LogP contribution in [0.2, 0.25) is 0 Å². The fraction of sp³-hybridized carbons (Fsp3) is 0.417. The van der Waals surface area contributed by atoms with Crippen LogP contribution in [0.5, 0.6) is 0 Å². The van der Waals surface area contributed by atoms with Gasteiger partial charge in [0.05, 0.1) is 5.75 Å². The van der Waals surface area contributed by atoms with Gasteiger partial charge in [0.1, 0.15) is 5.52 Å². The van der Waals surface area contributed by atoms with Crippen molar-refractivity contribution >= 4 is 27.1 Å². The average Bonchev–Trinajstić information content (AvgIpc) is 2.81. The average molecular weight is 283 g/mol. The van der Waals surface area contributed by atoms with Crippen LogP contribution in [0.15, 0.2) is 28.7 Å². The van der Waals surface area contributed by atoms with Crippen molar-refractivity contribution < 1.29 is 12.8 Å². The van der Waals surface area contributed by atoms with Crippen LogP contribution < -0.4 is 10.0 Å². The highest BCUT2D eigenvalue weighted by Gasteiger charge is 2.06. The van der Waals surface area contributed by atoms with Crippen molar-refractivity contribution in [1.82, 2.24) is 9.71 Å². The van der Waals surface area contributed by atoms with Crippen molar-refractivity contribution in [2.24, 2.45) is 0 Å². The van der Waals surface area contributed by atoms with Gasteiger partial charge in [-0.1, -0.05) is 12.1 Å². The van der Waals surface area contributed by atoms with Crippen molar-refractivity contribution in [1.29, 1.82) is 0 Å². The number of para-hydroxylation sites is 2. The Hall–Kier alpha value is -1.60. The van der Waals surface area contributed by atoms with Gasteiger partial charge in [-0.2, -0.15) is 4.98 Å². The van der Waals surface area contributed by atoms with Gasteiger partial charge < -0.3 is 9.73 Å². The van der Waals surface area contributed by atoms with E-state index in [2.05, 4.69) is 15.0 Å². The number of sulfonamides is 1. The first-order chi connectivity index (χ1) is 9.11. The van der Waals surface area contributed by atoms with Gasteiger partial charge in [0, 0.05) is 13.1 Å². The van der Waals surface area contributed by atoms with Crippen molar-refractivity contribution in [2.45, 2.75) is 13.3 Å². The van der Waals surface area contributed by atoms with E-state index in [0.29, 0.717) is 25.5 Å². The van der Waals surface area contributed by atoms with E-state index in [1.165, 1.54) is 0 Å². The van der Waals surface area contributed by atoms with E-state index in [0.717, 1.165) is 11.1 Å². The zero-order valence-electron chi connectivity index (χ0n) is 10.7. The van der Waals surface area contributed by atoms with Crippen molar-refractivity contribution in [3.05, 3.63) is 24.3 Å².